The largest absolute Gasteiger partial charge is 0.397 e. The molecule has 1 heterocycles. The van der Waals surface area contributed by atoms with Crippen molar-refractivity contribution in [1.29, 1.82) is 0 Å². The molecule has 1 aromatic heterocycles. The van der Waals surface area contributed by atoms with Crippen LogP contribution in [0.15, 0.2) is 48.7 Å². The minimum atomic E-state index is -0.339. The van der Waals surface area contributed by atoms with E-state index in [1.165, 1.54) is 6.20 Å². The van der Waals surface area contributed by atoms with Crippen LogP contribution in [-0.4, -0.2) is 11.0 Å². The van der Waals surface area contributed by atoms with E-state index < -0.39 is 0 Å². The molecule has 0 saturated heterocycles. The number of nitrogens with one attached hydrogen (secondary N) is 2. The van der Waals surface area contributed by atoms with E-state index in [4.69, 9.17) is 5.73 Å². The zero-order valence-electron chi connectivity index (χ0n) is 9.05. The van der Waals surface area contributed by atoms with Crippen molar-refractivity contribution in [3.05, 3.63) is 48.7 Å². The summed E-state index contributed by atoms with van der Waals surface area (Å²) in [6.07, 6.45) is 1.48. The van der Waals surface area contributed by atoms with E-state index in [0.29, 0.717) is 11.5 Å². The van der Waals surface area contributed by atoms with Crippen molar-refractivity contribution in [2.45, 2.75) is 0 Å². The number of nitrogens with zero attached hydrogens (tertiary/aromatic N) is 1. The van der Waals surface area contributed by atoms with Gasteiger partial charge in [-0.05, 0) is 24.3 Å². The first-order chi connectivity index (χ1) is 8.24. The van der Waals surface area contributed by atoms with Gasteiger partial charge in [0, 0.05) is 5.69 Å². The van der Waals surface area contributed by atoms with E-state index in [9.17, 15) is 4.79 Å². The van der Waals surface area contributed by atoms with Crippen LogP contribution in [0.4, 0.5) is 22.0 Å². The normalized spacial score (nSPS) is 9.65. The molecule has 0 spiro atoms. The number of urea groups is 1. The summed E-state index contributed by atoms with van der Waals surface area (Å²) in [5.74, 6) is 0.452. The first-order valence-corrected chi connectivity index (χ1v) is 5.08. The van der Waals surface area contributed by atoms with E-state index in [-0.39, 0.29) is 6.03 Å². The van der Waals surface area contributed by atoms with Gasteiger partial charge in [0.15, 0.2) is 0 Å². The zero-order valence-corrected chi connectivity index (χ0v) is 9.05. The highest BCUT2D eigenvalue weighted by atomic mass is 16.2. The molecule has 0 unspecified atom stereocenters. The average molecular weight is 228 g/mol. The number of hydrogen-bond donors (Lipinski definition) is 3. The second kappa shape index (κ2) is 4.98. The van der Waals surface area contributed by atoms with E-state index >= 15 is 0 Å². The van der Waals surface area contributed by atoms with Crippen LogP contribution in [0.5, 0.6) is 0 Å². The molecule has 2 rings (SSSR count). The first kappa shape index (κ1) is 10.9. The molecule has 0 saturated carbocycles. The smallest absolute Gasteiger partial charge is 0.324 e. The number of para-hydroxylation sites is 1. The van der Waals surface area contributed by atoms with Gasteiger partial charge in [-0.3, -0.25) is 5.32 Å². The van der Waals surface area contributed by atoms with Gasteiger partial charge in [0.25, 0.3) is 0 Å². The summed E-state index contributed by atoms with van der Waals surface area (Å²) < 4.78 is 0. The Morgan fingerprint density at radius 2 is 1.82 bits per heavy atom. The van der Waals surface area contributed by atoms with Crippen LogP contribution in [0.1, 0.15) is 0 Å². The van der Waals surface area contributed by atoms with Crippen LogP contribution in [0.3, 0.4) is 0 Å². The number of pyridine rings is 1. The highest BCUT2D eigenvalue weighted by molar-refractivity contribution is 5.99. The van der Waals surface area contributed by atoms with Crippen LogP contribution in [0.2, 0.25) is 0 Å². The molecule has 5 heteroatoms. The monoisotopic (exact) mass is 228 g/mol. The lowest BCUT2D eigenvalue weighted by Gasteiger charge is -2.06. The lowest BCUT2D eigenvalue weighted by Crippen LogP contribution is -2.19. The summed E-state index contributed by atoms with van der Waals surface area (Å²) in [7, 11) is 0. The average Bonchev–Trinajstić information content (AvgIpc) is 2.33. The summed E-state index contributed by atoms with van der Waals surface area (Å²) in [4.78, 5) is 15.5. The van der Waals surface area contributed by atoms with Crippen LogP contribution in [-0.2, 0) is 0 Å². The SMILES string of the molecule is Nc1ccc(NC(=O)Nc2ccccc2)nc1. The Kier molecular flexibility index (Phi) is 3.20. The fourth-order valence-electron chi connectivity index (χ4n) is 1.28. The molecule has 0 bridgehead atoms. The van der Waals surface area contributed by atoms with Crippen molar-refractivity contribution in [3.8, 4) is 0 Å². The molecule has 0 aliphatic heterocycles. The highest BCUT2D eigenvalue weighted by Gasteiger charge is 2.02. The summed E-state index contributed by atoms with van der Waals surface area (Å²) in [5, 5.41) is 5.28. The molecule has 0 aliphatic rings. The van der Waals surface area contributed by atoms with Crippen molar-refractivity contribution >= 4 is 23.2 Å². The second-order valence-corrected chi connectivity index (χ2v) is 3.42. The molecule has 0 radical (unpaired) electrons. The predicted molar refractivity (Wildman–Crippen MR) is 67.7 cm³/mol. The lowest BCUT2D eigenvalue weighted by molar-refractivity contribution is 0.262. The number of rotatable bonds is 2. The molecule has 5 nitrogen and oxygen atoms in total. The topological polar surface area (TPSA) is 80.0 Å². The molecular weight excluding hydrogens is 216 g/mol. The second-order valence-electron chi connectivity index (χ2n) is 3.42. The number of nitrogen functional groups attached to an aromatic ring is 1. The van der Waals surface area contributed by atoms with Gasteiger partial charge in [-0.1, -0.05) is 18.2 Å². The van der Waals surface area contributed by atoms with Gasteiger partial charge in [-0.15, -0.1) is 0 Å². The molecule has 1 aromatic carbocycles. The van der Waals surface area contributed by atoms with Gasteiger partial charge < -0.3 is 11.1 Å². The number of anilines is 3. The number of nitrogens with two attached hydrogens (primary N) is 1. The third-order valence-electron chi connectivity index (χ3n) is 2.06. The van der Waals surface area contributed by atoms with E-state index in [1.54, 1.807) is 24.3 Å². The quantitative estimate of drug-likeness (QED) is 0.737. The van der Waals surface area contributed by atoms with Crippen LogP contribution < -0.4 is 16.4 Å². The maximum Gasteiger partial charge on any atom is 0.324 e. The molecule has 2 aromatic rings. The maximum atomic E-state index is 11.6. The highest BCUT2D eigenvalue weighted by Crippen LogP contribution is 2.08. The molecule has 86 valence electrons. The molecule has 0 fully saturated rings. The Morgan fingerprint density at radius 1 is 1.06 bits per heavy atom. The zero-order chi connectivity index (χ0) is 12.1. The molecule has 17 heavy (non-hydrogen) atoms. The number of carbonyl (C=O) groups excluding carboxylic acids is 1. The number of amides is 2. The van der Waals surface area contributed by atoms with Crippen molar-refractivity contribution < 1.29 is 4.79 Å². The van der Waals surface area contributed by atoms with Gasteiger partial charge in [-0.2, -0.15) is 0 Å². The Morgan fingerprint density at radius 3 is 2.47 bits per heavy atom. The molecule has 0 atom stereocenters. The first-order valence-electron chi connectivity index (χ1n) is 5.08. The van der Waals surface area contributed by atoms with Gasteiger partial charge in [0.2, 0.25) is 0 Å². The molecular formula is C12H12N4O. The summed E-state index contributed by atoms with van der Waals surface area (Å²) in [5.41, 5.74) is 6.77. The van der Waals surface area contributed by atoms with Crippen molar-refractivity contribution in [1.82, 2.24) is 4.98 Å². The van der Waals surface area contributed by atoms with Gasteiger partial charge in [0.1, 0.15) is 5.82 Å². The fourth-order valence-corrected chi connectivity index (χ4v) is 1.28. The lowest BCUT2D eigenvalue weighted by atomic mass is 10.3. The van der Waals surface area contributed by atoms with Crippen LogP contribution in [0, 0.1) is 0 Å². The van der Waals surface area contributed by atoms with Gasteiger partial charge in [-0.25, -0.2) is 9.78 Å². The Bertz CT molecular complexity index is 496. The fraction of sp³-hybridized carbons (Fsp3) is 0. The summed E-state index contributed by atoms with van der Waals surface area (Å²) >= 11 is 0. The standard InChI is InChI=1S/C12H12N4O/c13-9-6-7-11(14-8-9)16-12(17)15-10-4-2-1-3-5-10/h1-8H,13H2,(H2,14,15,16,17). The van der Waals surface area contributed by atoms with Gasteiger partial charge >= 0.3 is 6.03 Å². The Hall–Kier alpha value is -2.56. The van der Waals surface area contributed by atoms with Crippen LogP contribution in [0.25, 0.3) is 0 Å². The number of carbonyl (C=O) groups is 1. The maximum absolute atomic E-state index is 11.6. The van der Waals surface area contributed by atoms with Crippen LogP contribution >= 0.6 is 0 Å². The Labute approximate surface area is 98.7 Å². The third-order valence-corrected chi connectivity index (χ3v) is 2.06. The number of hydrogen-bond acceptors (Lipinski definition) is 3. The van der Waals surface area contributed by atoms with Crippen molar-refractivity contribution in [2.75, 3.05) is 16.4 Å². The Balaban J connectivity index is 1.96. The van der Waals surface area contributed by atoms with E-state index in [1.807, 2.05) is 18.2 Å². The van der Waals surface area contributed by atoms with Crippen molar-refractivity contribution in [3.63, 3.8) is 0 Å². The molecule has 2 amide bonds. The number of benzene rings is 1. The minimum absolute atomic E-state index is 0.339. The summed E-state index contributed by atoms with van der Waals surface area (Å²) in [6, 6.07) is 12.1. The molecule has 4 N–H and O–H groups in total. The number of aromatic nitrogens is 1. The minimum Gasteiger partial charge on any atom is -0.397 e. The van der Waals surface area contributed by atoms with Gasteiger partial charge in [0.05, 0.1) is 11.9 Å². The van der Waals surface area contributed by atoms with E-state index in [0.717, 1.165) is 5.69 Å². The predicted octanol–water partition coefficient (Wildman–Crippen LogP) is 2.31. The van der Waals surface area contributed by atoms with Crippen molar-refractivity contribution in [2.24, 2.45) is 0 Å². The summed E-state index contributed by atoms with van der Waals surface area (Å²) in [6.45, 7) is 0. The van der Waals surface area contributed by atoms with E-state index in [2.05, 4.69) is 15.6 Å². The third kappa shape index (κ3) is 3.20. The molecule has 0 aliphatic carbocycles.